The zero-order chi connectivity index (χ0) is 15.5. The summed E-state index contributed by atoms with van der Waals surface area (Å²) in [5.74, 6) is -0.601. The Bertz CT molecular complexity index is 820. The lowest BCUT2D eigenvalue weighted by molar-refractivity contribution is -0.118. The summed E-state index contributed by atoms with van der Waals surface area (Å²) in [5, 5.41) is 9.95. The summed E-state index contributed by atoms with van der Waals surface area (Å²) in [4.78, 5) is 20.3. The minimum Gasteiger partial charge on any atom is -0.271 e. The van der Waals surface area contributed by atoms with E-state index in [9.17, 15) is 10.1 Å². The summed E-state index contributed by atoms with van der Waals surface area (Å²) in [5.41, 5.74) is 1.64. The van der Waals surface area contributed by atoms with E-state index in [1.807, 2.05) is 6.07 Å². The van der Waals surface area contributed by atoms with Crippen molar-refractivity contribution in [1.82, 2.24) is 0 Å². The summed E-state index contributed by atoms with van der Waals surface area (Å²) in [6.07, 6.45) is 8.73. The number of benzene rings is 1. The SMILES string of the molecule is N#C/C(=C\c1ccc(Cl)cc1)C1=NC(=O)C2C=CC=CC2=N1. The van der Waals surface area contributed by atoms with Gasteiger partial charge in [-0.1, -0.05) is 42.0 Å². The predicted molar refractivity (Wildman–Crippen MR) is 86.7 cm³/mol. The second-order valence-corrected chi connectivity index (χ2v) is 5.19. The van der Waals surface area contributed by atoms with Gasteiger partial charge in [0.1, 0.15) is 12.0 Å². The van der Waals surface area contributed by atoms with Gasteiger partial charge in [-0.05, 0) is 29.8 Å². The number of halogens is 1. The maximum Gasteiger partial charge on any atom is 0.260 e. The van der Waals surface area contributed by atoms with E-state index in [0.29, 0.717) is 10.7 Å². The molecule has 1 aromatic rings. The molecule has 1 unspecified atom stereocenters. The number of nitrogens with zero attached hydrogens (tertiary/aromatic N) is 3. The number of amidine groups is 1. The fraction of sp³-hybridized carbons (Fsp3) is 0.0588. The Morgan fingerprint density at radius 1 is 1.23 bits per heavy atom. The van der Waals surface area contributed by atoms with E-state index in [2.05, 4.69) is 9.98 Å². The lowest BCUT2D eigenvalue weighted by atomic mass is 9.96. The van der Waals surface area contributed by atoms with Crippen molar-refractivity contribution < 1.29 is 4.79 Å². The van der Waals surface area contributed by atoms with Crippen LogP contribution in [0.4, 0.5) is 0 Å². The van der Waals surface area contributed by atoms with Gasteiger partial charge in [-0.25, -0.2) is 4.99 Å². The molecule has 22 heavy (non-hydrogen) atoms. The second kappa shape index (κ2) is 5.92. The number of aliphatic imine (C=N–C) groups is 2. The summed E-state index contributed by atoms with van der Waals surface area (Å²) < 4.78 is 0. The molecular weight excluding hydrogens is 298 g/mol. The van der Waals surface area contributed by atoms with E-state index in [0.717, 1.165) is 5.56 Å². The van der Waals surface area contributed by atoms with E-state index in [4.69, 9.17) is 11.6 Å². The molecule has 106 valence electrons. The van der Waals surface area contributed by atoms with Crippen molar-refractivity contribution in [3.05, 3.63) is 64.7 Å². The average Bonchev–Trinajstić information content (AvgIpc) is 2.54. The average molecular weight is 308 g/mol. The lowest BCUT2D eigenvalue weighted by Crippen LogP contribution is -2.27. The van der Waals surface area contributed by atoms with Crippen LogP contribution in [0.1, 0.15) is 5.56 Å². The Morgan fingerprint density at radius 3 is 2.73 bits per heavy atom. The summed E-state index contributed by atoms with van der Waals surface area (Å²) >= 11 is 5.84. The fourth-order valence-corrected chi connectivity index (χ4v) is 2.29. The minimum absolute atomic E-state index is 0.147. The molecule has 3 rings (SSSR count). The topological polar surface area (TPSA) is 65.6 Å². The van der Waals surface area contributed by atoms with Crippen LogP contribution in [-0.2, 0) is 4.79 Å². The highest BCUT2D eigenvalue weighted by Gasteiger charge is 2.27. The number of nitriles is 1. The van der Waals surface area contributed by atoms with Crippen molar-refractivity contribution in [3.8, 4) is 6.07 Å². The Kier molecular flexibility index (Phi) is 3.82. The Morgan fingerprint density at radius 2 is 2.00 bits per heavy atom. The molecule has 4 nitrogen and oxygen atoms in total. The molecule has 1 aromatic carbocycles. The Labute approximate surface area is 132 Å². The molecule has 1 amide bonds. The normalized spacial score (nSPS) is 20.1. The molecule has 5 heteroatoms. The van der Waals surface area contributed by atoms with Crippen molar-refractivity contribution >= 4 is 35.1 Å². The molecule has 0 N–H and O–H groups in total. The zero-order valence-corrected chi connectivity index (χ0v) is 12.2. The quantitative estimate of drug-likeness (QED) is 0.786. The highest BCUT2D eigenvalue weighted by atomic mass is 35.5. The first-order chi connectivity index (χ1) is 10.7. The maximum absolute atomic E-state index is 12.0. The van der Waals surface area contributed by atoms with Gasteiger partial charge in [0.2, 0.25) is 0 Å². The molecule has 1 aliphatic heterocycles. The van der Waals surface area contributed by atoms with Crippen LogP contribution in [0.3, 0.4) is 0 Å². The first kappa shape index (κ1) is 14.2. The van der Waals surface area contributed by atoms with Crippen molar-refractivity contribution in [3.63, 3.8) is 0 Å². The fourth-order valence-electron chi connectivity index (χ4n) is 2.16. The van der Waals surface area contributed by atoms with Crippen LogP contribution < -0.4 is 0 Å². The smallest absolute Gasteiger partial charge is 0.260 e. The Balaban J connectivity index is 1.98. The van der Waals surface area contributed by atoms with Crippen molar-refractivity contribution in [1.29, 1.82) is 5.26 Å². The number of carbonyl (C=O) groups excluding carboxylic acids is 1. The molecule has 1 heterocycles. The van der Waals surface area contributed by atoms with E-state index < -0.39 is 5.92 Å². The molecule has 0 bridgehead atoms. The number of carbonyl (C=O) groups is 1. The highest BCUT2D eigenvalue weighted by Crippen LogP contribution is 2.20. The maximum atomic E-state index is 12.0. The molecular formula is C17H10ClN3O. The molecule has 0 saturated carbocycles. The first-order valence-electron chi connectivity index (χ1n) is 6.61. The third-order valence-corrected chi connectivity index (χ3v) is 3.51. The van der Waals surface area contributed by atoms with Gasteiger partial charge in [0.15, 0.2) is 5.84 Å². The van der Waals surface area contributed by atoms with Crippen molar-refractivity contribution in [2.75, 3.05) is 0 Å². The van der Waals surface area contributed by atoms with Crippen LogP contribution in [-0.4, -0.2) is 17.5 Å². The molecule has 2 aliphatic rings. The van der Waals surface area contributed by atoms with Crippen LogP contribution in [0.15, 0.2) is 64.1 Å². The molecule has 1 aliphatic carbocycles. The highest BCUT2D eigenvalue weighted by molar-refractivity contribution is 6.30. The van der Waals surface area contributed by atoms with Gasteiger partial charge in [-0.3, -0.25) is 4.79 Å². The molecule has 0 radical (unpaired) electrons. The third-order valence-electron chi connectivity index (χ3n) is 3.26. The van der Waals surface area contributed by atoms with Gasteiger partial charge in [0.25, 0.3) is 5.91 Å². The van der Waals surface area contributed by atoms with Crippen LogP contribution in [0.5, 0.6) is 0 Å². The van der Waals surface area contributed by atoms with Gasteiger partial charge in [0, 0.05) is 5.02 Å². The second-order valence-electron chi connectivity index (χ2n) is 4.75. The molecule has 0 saturated heterocycles. The largest absolute Gasteiger partial charge is 0.271 e. The van der Waals surface area contributed by atoms with Crippen molar-refractivity contribution in [2.24, 2.45) is 15.9 Å². The minimum atomic E-state index is -0.441. The third kappa shape index (κ3) is 2.80. The molecule has 1 atom stereocenters. The van der Waals surface area contributed by atoms with E-state index in [-0.39, 0.29) is 17.3 Å². The van der Waals surface area contributed by atoms with Crippen LogP contribution in [0.2, 0.25) is 5.02 Å². The van der Waals surface area contributed by atoms with Crippen LogP contribution >= 0.6 is 11.6 Å². The number of amides is 1. The van der Waals surface area contributed by atoms with Gasteiger partial charge >= 0.3 is 0 Å². The predicted octanol–water partition coefficient (Wildman–Crippen LogP) is 3.37. The van der Waals surface area contributed by atoms with E-state index in [1.54, 1.807) is 54.6 Å². The van der Waals surface area contributed by atoms with Crippen molar-refractivity contribution in [2.45, 2.75) is 0 Å². The molecule has 0 spiro atoms. The van der Waals surface area contributed by atoms with Gasteiger partial charge < -0.3 is 0 Å². The molecule has 0 aromatic heterocycles. The zero-order valence-electron chi connectivity index (χ0n) is 11.4. The number of rotatable bonds is 2. The standard InChI is InChI=1S/C17H10ClN3O/c18-13-7-5-11(6-8-13)9-12(10-19)16-20-15-4-2-1-3-14(15)17(22)21-16/h1-9,14H/b12-9+. The van der Waals surface area contributed by atoms with Gasteiger partial charge in [0.05, 0.1) is 11.3 Å². The van der Waals surface area contributed by atoms with E-state index in [1.165, 1.54) is 0 Å². The summed E-state index contributed by atoms with van der Waals surface area (Å²) in [6, 6.07) is 9.07. The van der Waals surface area contributed by atoms with Crippen LogP contribution in [0.25, 0.3) is 6.08 Å². The first-order valence-corrected chi connectivity index (χ1v) is 6.99. The summed E-state index contributed by atoms with van der Waals surface area (Å²) in [7, 11) is 0. The summed E-state index contributed by atoms with van der Waals surface area (Å²) in [6.45, 7) is 0. The van der Waals surface area contributed by atoms with E-state index >= 15 is 0 Å². The number of fused-ring (bicyclic) bond motifs is 1. The van der Waals surface area contributed by atoms with Gasteiger partial charge in [-0.15, -0.1) is 0 Å². The number of hydrogen-bond donors (Lipinski definition) is 0. The lowest BCUT2D eigenvalue weighted by Gasteiger charge is -2.17. The number of allylic oxidation sites excluding steroid dienone is 3. The number of hydrogen-bond acceptors (Lipinski definition) is 3. The van der Waals surface area contributed by atoms with Gasteiger partial charge in [-0.2, -0.15) is 10.3 Å². The van der Waals surface area contributed by atoms with Crippen LogP contribution in [0, 0.1) is 17.2 Å². The molecule has 0 fully saturated rings. The Hall–Kier alpha value is -2.77. The monoisotopic (exact) mass is 307 g/mol.